The molecule has 2 saturated carbocycles. The molecule has 2 rings (SSSR count). The fraction of sp³-hybridized carbons (Fsp3) is 1.00. The SMILES string of the molecule is CCC(C)OC1CC(O)C12CCCCC2. The van der Waals surface area contributed by atoms with Crippen LogP contribution < -0.4 is 0 Å². The van der Waals surface area contributed by atoms with E-state index < -0.39 is 0 Å². The Labute approximate surface area is 93.0 Å². The number of rotatable bonds is 3. The molecule has 2 heteroatoms. The highest BCUT2D eigenvalue weighted by molar-refractivity contribution is 5.05. The molecule has 15 heavy (non-hydrogen) atoms. The number of aliphatic hydroxyl groups is 1. The Bertz CT molecular complexity index is 209. The van der Waals surface area contributed by atoms with E-state index >= 15 is 0 Å². The van der Waals surface area contributed by atoms with Crippen LogP contribution in [-0.2, 0) is 4.74 Å². The van der Waals surface area contributed by atoms with E-state index in [0.29, 0.717) is 12.2 Å². The van der Waals surface area contributed by atoms with Gasteiger partial charge >= 0.3 is 0 Å². The molecule has 0 aliphatic heterocycles. The minimum Gasteiger partial charge on any atom is -0.392 e. The first-order chi connectivity index (χ1) is 7.19. The van der Waals surface area contributed by atoms with Crippen LogP contribution in [0.3, 0.4) is 0 Å². The second-order valence-corrected chi connectivity index (χ2v) is 5.39. The molecular weight excluding hydrogens is 188 g/mol. The van der Waals surface area contributed by atoms with Gasteiger partial charge in [-0.25, -0.2) is 0 Å². The van der Waals surface area contributed by atoms with Crippen molar-refractivity contribution in [3.8, 4) is 0 Å². The number of ether oxygens (including phenoxy) is 1. The topological polar surface area (TPSA) is 29.5 Å². The highest BCUT2D eigenvalue weighted by atomic mass is 16.5. The normalized spacial score (nSPS) is 36.2. The zero-order valence-electron chi connectivity index (χ0n) is 10.0. The highest BCUT2D eigenvalue weighted by Gasteiger charge is 2.55. The summed E-state index contributed by atoms with van der Waals surface area (Å²) in [4.78, 5) is 0. The molecule has 2 fully saturated rings. The zero-order valence-corrected chi connectivity index (χ0v) is 10.0. The summed E-state index contributed by atoms with van der Waals surface area (Å²) in [5.74, 6) is 0. The van der Waals surface area contributed by atoms with Gasteiger partial charge in [0.2, 0.25) is 0 Å². The molecule has 2 aliphatic carbocycles. The molecule has 2 nitrogen and oxygen atoms in total. The summed E-state index contributed by atoms with van der Waals surface area (Å²) in [7, 11) is 0. The van der Waals surface area contributed by atoms with Gasteiger partial charge in [-0.05, 0) is 26.2 Å². The average Bonchev–Trinajstić information content (AvgIpc) is 2.29. The molecule has 0 heterocycles. The molecule has 0 radical (unpaired) electrons. The van der Waals surface area contributed by atoms with Crippen LogP contribution in [0.15, 0.2) is 0 Å². The molecule has 1 spiro atoms. The molecule has 1 N–H and O–H groups in total. The Kier molecular flexibility index (Phi) is 3.36. The maximum absolute atomic E-state index is 10.00. The predicted octanol–water partition coefficient (Wildman–Crippen LogP) is 2.89. The molecule has 88 valence electrons. The van der Waals surface area contributed by atoms with Crippen molar-refractivity contribution in [2.24, 2.45) is 5.41 Å². The van der Waals surface area contributed by atoms with E-state index in [2.05, 4.69) is 13.8 Å². The maximum Gasteiger partial charge on any atom is 0.0684 e. The van der Waals surface area contributed by atoms with Crippen molar-refractivity contribution in [2.45, 2.75) is 77.1 Å². The largest absolute Gasteiger partial charge is 0.392 e. The van der Waals surface area contributed by atoms with E-state index in [1.54, 1.807) is 0 Å². The smallest absolute Gasteiger partial charge is 0.0684 e. The first kappa shape index (κ1) is 11.4. The molecule has 0 aromatic heterocycles. The third-order valence-corrected chi connectivity index (χ3v) is 4.50. The van der Waals surface area contributed by atoms with Gasteiger partial charge in [0.15, 0.2) is 0 Å². The van der Waals surface area contributed by atoms with E-state index in [0.717, 1.165) is 12.8 Å². The highest BCUT2D eigenvalue weighted by Crippen LogP contribution is 2.53. The lowest BCUT2D eigenvalue weighted by Crippen LogP contribution is -2.59. The number of hydrogen-bond acceptors (Lipinski definition) is 2. The van der Waals surface area contributed by atoms with E-state index in [9.17, 15) is 5.11 Å². The molecular formula is C13H24O2. The predicted molar refractivity (Wildman–Crippen MR) is 60.8 cm³/mol. The summed E-state index contributed by atoms with van der Waals surface area (Å²) >= 11 is 0. The van der Waals surface area contributed by atoms with Crippen molar-refractivity contribution >= 4 is 0 Å². The van der Waals surface area contributed by atoms with Crippen LogP contribution in [0.2, 0.25) is 0 Å². The van der Waals surface area contributed by atoms with Crippen molar-refractivity contribution < 1.29 is 9.84 Å². The van der Waals surface area contributed by atoms with Gasteiger partial charge in [-0.1, -0.05) is 26.2 Å². The summed E-state index contributed by atoms with van der Waals surface area (Å²) < 4.78 is 6.04. The molecule has 3 unspecified atom stereocenters. The van der Waals surface area contributed by atoms with E-state index in [-0.39, 0.29) is 11.5 Å². The van der Waals surface area contributed by atoms with Gasteiger partial charge in [-0.15, -0.1) is 0 Å². The van der Waals surface area contributed by atoms with E-state index in [4.69, 9.17) is 4.74 Å². The lowest BCUT2D eigenvalue weighted by Gasteiger charge is -2.56. The Morgan fingerprint density at radius 1 is 1.33 bits per heavy atom. The molecule has 0 amide bonds. The summed E-state index contributed by atoms with van der Waals surface area (Å²) in [6, 6.07) is 0. The monoisotopic (exact) mass is 212 g/mol. The summed E-state index contributed by atoms with van der Waals surface area (Å²) in [6.07, 6.45) is 8.77. The van der Waals surface area contributed by atoms with Crippen molar-refractivity contribution in [1.29, 1.82) is 0 Å². The minimum atomic E-state index is -0.0909. The summed E-state index contributed by atoms with van der Waals surface area (Å²) in [5.41, 5.74) is 0.141. The average molecular weight is 212 g/mol. The van der Waals surface area contributed by atoms with Gasteiger partial charge in [0, 0.05) is 11.8 Å². The van der Waals surface area contributed by atoms with E-state index in [1.807, 2.05) is 0 Å². The van der Waals surface area contributed by atoms with Gasteiger partial charge in [-0.3, -0.25) is 0 Å². The quantitative estimate of drug-likeness (QED) is 0.779. The third-order valence-electron chi connectivity index (χ3n) is 4.50. The molecule has 3 atom stereocenters. The van der Waals surface area contributed by atoms with Crippen molar-refractivity contribution in [3.63, 3.8) is 0 Å². The van der Waals surface area contributed by atoms with Crippen LogP contribution in [0.5, 0.6) is 0 Å². The molecule has 2 aliphatic rings. The van der Waals surface area contributed by atoms with Gasteiger partial charge in [-0.2, -0.15) is 0 Å². The first-order valence-electron chi connectivity index (χ1n) is 6.52. The molecule has 0 saturated heterocycles. The van der Waals surface area contributed by atoms with Gasteiger partial charge in [0.05, 0.1) is 18.3 Å². The number of hydrogen-bond donors (Lipinski definition) is 1. The van der Waals surface area contributed by atoms with Crippen LogP contribution in [0.1, 0.15) is 58.8 Å². The summed E-state index contributed by atoms with van der Waals surface area (Å²) in [5, 5.41) is 10.00. The Morgan fingerprint density at radius 3 is 2.53 bits per heavy atom. The van der Waals surface area contributed by atoms with Gasteiger partial charge in [0.1, 0.15) is 0 Å². The lowest BCUT2D eigenvalue weighted by molar-refractivity contribution is -0.220. The fourth-order valence-electron chi connectivity index (χ4n) is 3.16. The lowest BCUT2D eigenvalue weighted by atomic mass is 9.56. The number of aliphatic hydroxyl groups excluding tert-OH is 1. The van der Waals surface area contributed by atoms with Crippen molar-refractivity contribution in [1.82, 2.24) is 0 Å². The van der Waals surface area contributed by atoms with Gasteiger partial charge in [0.25, 0.3) is 0 Å². The van der Waals surface area contributed by atoms with Crippen molar-refractivity contribution in [3.05, 3.63) is 0 Å². The summed E-state index contributed by atoms with van der Waals surface area (Å²) in [6.45, 7) is 4.30. The fourth-order valence-corrected chi connectivity index (χ4v) is 3.16. The van der Waals surface area contributed by atoms with Crippen LogP contribution in [0, 0.1) is 5.41 Å². The Hall–Kier alpha value is -0.0800. The molecule has 0 aromatic rings. The second-order valence-electron chi connectivity index (χ2n) is 5.39. The van der Waals surface area contributed by atoms with Crippen LogP contribution >= 0.6 is 0 Å². The molecule has 0 aromatic carbocycles. The second kappa shape index (κ2) is 4.42. The molecule has 0 bridgehead atoms. The Balaban J connectivity index is 1.95. The Morgan fingerprint density at radius 2 is 2.00 bits per heavy atom. The van der Waals surface area contributed by atoms with Crippen LogP contribution in [-0.4, -0.2) is 23.4 Å². The zero-order chi connectivity index (χ0) is 10.9. The van der Waals surface area contributed by atoms with Crippen LogP contribution in [0.25, 0.3) is 0 Å². The van der Waals surface area contributed by atoms with E-state index in [1.165, 1.54) is 32.1 Å². The minimum absolute atomic E-state index is 0.0909. The van der Waals surface area contributed by atoms with Crippen LogP contribution in [0.4, 0.5) is 0 Å². The van der Waals surface area contributed by atoms with Crippen molar-refractivity contribution in [2.75, 3.05) is 0 Å². The maximum atomic E-state index is 10.00. The first-order valence-corrected chi connectivity index (χ1v) is 6.52. The third kappa shape index (κ3) is 1.94. The standard InChI is InChI=1S/C13H24O2/c1-3-10(2)15-12-9-11(14)13(12)7-5-4-6-8-13/h10-12,14H,3-9H2,1-2H3. The van der Waals surface area contributed by atoms with Gasteiger partial charge < -0.3 is 9.84 Å².